The van der Waals surface area contributed by atoms with Gasteiger partial charge in [-0.1, -0.05) is 58.4 Å². The van der Waals surface area contributed by atoms with Gasteiger partial charge in [0.05, 0.1) is 0 Å². The van der Waals surface area contributed by atoms with E-state index in [1.165, 1.54) is 19.3 Å². The van der Waals surface area contributed by atoms with Gasteiger partial charge in [0.1, 0.15) is 0 Å². The van der Waals surface area contributed by atoms with E-state index in [0.717, 1.165) is 0 Å². The topological polar surface area (TPSA) is 0 Å². The molecule has 0 bridgehead atoms. The van der Waals surface area contributed by atoms with Gasteiger partial charge in [-0.05, 0) is 37.0 Å². The standard InChI is InChI=1S/C16H28/c1-7-16(6)11-8-9-13(2)14(16)10-12-15(3,4)5/h9-10,12,14H,7-8,11H2,1-6H3/b12-10+. The Kier molecular flexibility index (Phi) is 4.04. The third-order valence-electron chi connectivity index (χ3n) is 4.02. The fraction of sp³-hybridized carbons (Fsp3) is 0.750. The summed E-state index contributed by atoms with van der Waals surface area (Å²) in [5.41, 5.74) is 2.34. The first-order chi connectivity index (χ1) is 7.28. The predicted octanol–water partition coefficient (Wildman–Crippen LogP) is 5.36. The maximum atomic E-state index is 2.45. The molecule has 0 saturated heterocycles. The Morgan fingerprint density at radius 1 is 1.44 bits per heavy atom. The van der Waals surface area contributed by atoms with Crippen molar-refractivity contribution in [2.75, 3.05) is 0 Å². The molecule has 1 aliphatic carbocycles. The summed E-state index contributed by atoms with van der Waals surface area (Å²) in [4.78, 5) is 0. The first kappa shape index (κ1) is 13.5. The van der Waals surface area contributed by atoms with Crippen LogP contribution in [0.2, 0.25) is 0 Å². The van der Waals surface area contributed by atoms with Crippen LogP contribution >= 0.6 is 0 Å². The Labute approximate surface area is 102 Å². The molecule has 0 heterocycles. The van der Waals surface area contributed by atoms with Crippen molar-refractivity contribution in [3.8, 4) is 0 Å². The van der Waals surface area contributed by atoms with E-state index in [1.54, 1.807) is 5.57 Å². The van der Waals surface area contributed by atoms with E-state index in [2.05, 4.69) is 59.8 Å². The van der Waals surface area contributed by atoms with Crippen LogP contribution in [0.5, 0.6) is 0 Å². The highest BCUT2D eigenvalue weighted by Crippen LogP contribution is 2.44. The largest absolute Gasteiger partial charge is 0.0850 e. The summed E-state index contributed by atoms with van der Waals surface area (Å²) in [6.45, 7) is 13.9. The van der Waals surface area contributed by atoms with E-state index >= 15 is 0 Å². The second-order valence-electron chi connectivity index (χ2n) is 6.70. The number of hydrogen-bond acceptors (Lipinski definition) is 0. The zero-order valence-corrected chi connectivity index (χ0v) is 11.9. The van der Waals surface area contributed by atoms with Crippen molar-refractivity contribution in [2.24, 2.45) is 16.7 Å². The molecule has 1 aliphatic rings. The number of rotatable bonds is 2. The Morgan fingerprint density at radius 3 is 2.56 bits per heavy atom. The molecule has 0 amide bonds. The van der Waals surface area contributed by atoms with Crippen LogP contribution < -0.4 is 0 Å². The molecule has 2 atom stereocenters. The van der Waals surface area contributed by atoms with Crippen LogP contribution in [0.1, 0.15) is 60.8 Å². The number of allylic oxidation sites excluding steroid dienone is 4. The smallest absolute Gasteiger partial charge is 0.00280 e. The fourth-order valence-electron chi connectivity index (χ4n) is 2.63. The van der Waals surface area contributed by atoms with Crippen molar-refractivity contribution in [3.05, 3.63) is 23.8 Å². The van der Waals surface area contributed by atoms with Crippen LogP contribution in [-0.4, -0.2) is 0 Å². The third-order valence-corrected chi connectivity index (χ3v) is 4.02. The van der Waals surface area contributed by atoms with Crippen molar-refractivity contribution in [3.63, 3.8) is 0 Å². The maximum Gasteiger partial charge on any atom is 0.00280 e. The van der Waals surface area contributed by atoms with Gasteiger partial charge in [-0.25, -0.2) is 0 Å². The van der Waals surface area contributed by atoms with Gasteiger partial charge in [-0.3, -0.25) is 0 Å². The van der Waals surface area contributed by atoms with Crippen LogP contribution in [0.15, 0.2) is 23.8 Å². The molecule has 0 nitrogen and oxygen atoms in total. The monoisotopic (exact) mass is 220 g/mol. The van der Waals surface area contributed by atoms with Gasteiger partial charge in [0.2, 0.25) is 0 Å². The van der Waals surface area contributed by atoms with Gasteiger partial charge in [-0.2, -0.15) is 0 Å². The van der Waals surface area contributed by atoms with Crippen LogP contribution in [-0.2, 0) is 0 Å². The van der Waals surface area contributed by atoms with Crippen LogP contribution in [0.4, 0.5) is 0 Å². The lowest BCUT2D eigenvalue weighted by atomic mass is 9.65. The predicted molar refractivity (Wildman–Crippen MR) is 73.5 cm³/mol. The molecule has 0 aromatic heterocycles. The quantitative estimate of drug-likeness (QED) is 0.549. The zero-order chi connectivity index (χ0) is 12.4. The maximum absolute atomic E-state index is 2.45. The molecule has 0 aliphatic heterocycles. The van der Waals surface area contributed by atoms with E-state index in [4.69, 9.17) is 0 Å². The van der Waals surface area contributed by atoms with E-state index < -0.39 is 0 Å². The van der Waals surface area contributed by atoms with Crippen molar-refractivity contribution >= 4 is 0 Å². The van der Waals surface area contributed by atoms with Crippen molar-refractivity contribution in [2.45, 2.75) is 60.8 Å². The number of hydrogen-bond donors (Lipinski definition) is 0. The van der Waals surface area contributed by atoms with E-state index in [-0.39, 0.29) is 0 Å². The van der Waals surface area contributed by atoms with Crippen LogP contribution in [0.3, 0.4) is 0 Å². The first-order valence-electron chi connectivity index (χ1n) is 6.64. The van der Waals surface area contributed by atoms with Crippen LogP contribution in [0.25, 0.3) is 0 Å². The minimum atomic E-state index is 0.298. The molecule has 92 valence electrons. The normalized spacial score (nSPS) is 31.9. The molecule has 0 fully saturated rings. The Hall–Kier alpha value is -0.520. The molecule has 0 aromatic rings. The third kappa shape index (κ3) is 3.23. The molecule has 0 radical (unpaired) electrons. The molecule has 0 aromatic carbocycles. The fourth-order valence-corrected chi connectivity index (χ4v) is 2.63. The van der Waals surface area contributed by atoms with Crippen LogP contribution in [0, 0.1) is 16.7 Å². The molecule has 0 heteroatoms. The highest BCUT2D eigenvalue weighted by atomic mass is 14.4. The van der Waals surface area contributed by atoms with Crippen molar-refractivity contribution in [1.82, 2.24) is 0 Å². The van der Waals surface area contributed by atoms with Gasteiger partial charge >= 0.3 is 0 Å². The second-order valence-corrected chi connectivity index (χ2v) is 6.70. The molecular weight excluding hydrogens is 192 g/mol. The summed E-state index contributed by atoms with van der Waals surface area (Å²) in [6.07, 6.45) is 11.1. The Balaban J connectivity index is 2.93. The van der Waals surface area contributed by atoms with Gasteiger partial charge < -0.3 is 0 Å². The molecule has 1 rings (SSSR count). The van der Waals surface area contributed by atoms with Gasteiger partial charge in [0.15, 0.2) is 0 Å². The molecule has 2 unspecified atom stereocenters. The van der Waals surface area contributed by atoms with E-state index in [0.29, 0.717) is 16.7 Å². The summed E-state index contributed by atoms with van der Waals surface area (Å²) in [5.74, 6) is 0.644. The molecule has 0 saturated carbocycles. The minimum absolute atomic E-state index is 0.298. The summed E-state index contributed by atoms with van der Waals surface area (Å²) < 4.78 is 0. The molecule has 0 spiro atoms. The van der Waals surface area contributed by atoms with Crippen molar-refractivity contribution in [1.29, 1.82) is 0 Å². The van der Waals surface area contributed by atoms with Gasteiger partial charge in [0.25, 0.3) is 0 Å². The average molecular weight is 220 g/mol. The van der Waals surface area contributed by atoms with E-state index in [1.807, 2.05) is 0 Å². The minimum Gasteiger partial charge on any atom is -0.0850 e. The summed E-state index contributed by atoms with van der Waals surface area (Å²) >= 11 is 0. The lowest BCUT2D eigenvalue weighted by Crippen LogP contribution is -2.29. The Morgan fingerprint density at radius 2 is 2.06 bits per heavy atom. The summed E-state index contributed by atoms with van der Waals surface area (Å²) in [5, 5.41) is 0. The zero-order valence-electron chi connectivity index (χ0n) is 11.9. The highest BCUT2D eigenvalue weighted by Gasteiger charge is 2.33. The molecular formula is C16H28. The molecule has 16 heavy (non-hydrogen) atoms. The lowest BCUT2D eigenvalue weighted by molar-refractivity contribution is 0.213. The lowest BCUT2D eigenvalue weighted by Gasteiger charge is -2.39. The van der Waals surface area contributed by atoms with Gasteiger partial charge in [0, 0.05) is 5.92 Å². The average Bonchev–Trinajstić information content (AvgIpc) is 2.15. The first-order valence-corrected chi connectivity index (χ1v) is 6.64. The summed E-state index contributed by atoms with van der Waals surface area (Å²) in [7, 11) is 0. The molecule has 0 N–H and O–H groups in total. The summed E-state index contributed by atoms with van der Waals surface area (Å²) in [6, 6.07) is 0. The highest BCUT2D eigenvalue weighted by molar-refractivity contribution is 5.20. The Bertz CT molecular complexity index is 288. The van der Waals surface area contributed by atoms with E-state index in [9.17, 15) is 0 Å². The SMILES string of the molecule is CCC1(C)CCC=C(C)C1/C=C/C(C)(C)C. The van der Waals surface area contributed by atoms with Gasteiger partial charge in [-0.15, -0.1) is 0 Å². The van der Waals surface area contributed by atoms with Crippen molar-refractivity contribution < 1.29 is 0 Å². The second kappa shape index (κ2) is 4.77.